The zero-order valence-corrected chi connectivity index (χ0v) is 13.4. The van der Waals surface area contributed by atoms with E-state index in [9.17, 15) is 9.59 Å². The molecule has 0 saturated carbocycles. The summed E-state index contributed by atoms with van der Waals surface area (Å²) in [5.41, 5.74) is 0.923. The van der Waals surface area contributed by atoms with Gasteiger partial charge in [0.05, 0.1) is 17.7 Å². The van der Waals surface area contributed by atoms with Gasteiger partial charge in [0.15, 0.2) is 5.13 Å². The lowest BCUT2D eigenvalue weighted by molar-refractivity contribution is -0.144. The van der Waals surface area contributed by atoms with Crippen LogP contribution in [0.25, 0.3) is 0 Å². The summed E-state index contributed by atoms with van der Waals surface area (Å²) in [5, 5.41) is 12.5. The van der Waals surface area contributed by atoms with Crippen molar-refractivity contribution in [2.75, 3.05) is 18.4 Å². The first-order valence-electron chi connectivity index (χ1n) is 7.10. The summed E-state index contributed by atoms with van der Waals surface area (Å²) in [4.78, 5) is 30.7. The molecule has 2 heterocycles. The van der Waals surface area contributed by atoms with E-state index in [1.165, 1.54) is 11.3 Å². The maximum atomic E-state index is 12.3. The van der Waals surface area contributed by atoms with Gasteiger partial charge in [0.2, 0.25) is 5.91 Å². The first kappa shape index (κ1) is 15.9. The topological polar surface area (TPSA) is 82.5 Å². The van der Waals surface area contributed by atoms with E-state index in [2.05, 4.69) is 10.3 Å². The largest absolute Gasteiger partial charge is 0.481 e. The van der Waals surface area contributed by atoms with Crippen molar-refractivity contribution < 1.29 is 14.7 Å². The molecular weight excluding hydrogens is 290 g/mol. The molecule has 1 aromatic heterocycles. The van der Waals surface area contributed by atoms with E-state index in [-0.39, 0.29) is 17.9 Å². The number of aromatic nitrogens is 1. The first-order chi connectivity index (χ1) is 9.88. The number of piperidine rings is 1. The molecule has 0 spiro atoms. The van der Waals surface area contributed by atoms with Crippen LogP contribution in [0, 0.1) is 19.8 Å². The summed E-state index contributed by atoms with van der Waals surface area (Å²) in [6, 6.07) is -0.350. The lowest BCUT2D eigenvalue weighted by Gasteiger charge is -2.34. The summed E-state index contributed by atoms with van der Waals surface area (Å²) in [5.74, 6) is -1.29. The van der Waals surface area contributed by atoms with E-state index in [0.29, 0.717) is 18.1 Å². The number of aryl methyl sites for hydroxylation is 2. The zero-order valence-electron chi connectivity index (χ0n) is 12.5. The number of anilines is 1. The number of carbonyl (C=O) groups is 2. The van der Waals surface area contributed by atoms with Gasteiger partial charge >= 0.3 is 5.97 Å². The summed E-state index contributed by atoms with van der Waals surface area (Å²) in [6.07, 6.45) is 1.50. The number of likely N-dealkylation sites (tertiary alicyclic amines) is 1. The molecule has 0 radical (unpaired) electrons. The smallest absolute Gasteiger partial charge is 0.307 e. The molecule has 1 aliphatic heterocycles. The highest BCUT2D eigenvalue weighted by atomic mass is 32.1. The highest BCUT2D eigenvalue weighted by Crippen LogP contribution is 2.23. The van der Waals surface area contributed by atoms with Crippen LogP contribution in [0.1, 0.15) is 30.3 Å². The number of amides is 1. The van der Waals surface area contributed by atoms with Crippen molar-refractivity contribution in [3.63, 3.8) is 0 Å². The Morgan fingerprint density at radius 1 is 1.48 bits per heavy atom. The zero-order chi connectivity index (χ0) is 15.6. The fourth-order valence-corrected chi connectivity index (χ4v) is 3.28. The van der Waals surface area contributed by atoms with E-state index >= 15 is 0 Å². The molecule has 2 N–H and O–H groups in total. The van der Waals surface area contributed by atoms with Crippen LogP contribution in [-0.2, 0) is 9.59 Å². The minimum Gasteiger partial charge on any atom is -0.481 e. The number of hydrogen-bond acceptors (Lipinski definition) is 5. The number of carboxylic acid groups (broad SMARTS) is 1. The van der Waals surface area contributed by atoms with Gasteiger partial charge < -0.3 is 10.4 Å². The summed E-state index contributed by atoms with van der Waals surface area (Å²) in [7, 11) is 0. The fourth-order valence-electron chi connectivity index (χ4n) is 2.46. The third kappa shape index (κ3) is 3.79. The van der Waals surface area contributed by atoms with E-state index in [4.69, 9.17) is 5.11 Å². The molecule has 1 saturated heterocycles. The normalized spacial score (nSPS) is 21.0. The van der Waals surface area contributed by atoms with Crippen LogP contribution in [0.15, 0.2) is 0 Å². The number of hydrogen-bond donors (Lipinski definition) is 2. The maximum absolute atomic E-state index is 12.3. The van der Waals surface area contributed by atoms with Gasteiger partial charge in [0.25, 0.3) is 0 Å². The van der Waals surface area contributed by atoms with Crippen molar-refractivity contribution >= 4 is 28.3 Å². The Morgan fingerprint density at radius 3 is 2.76 bits per heavy atom. The average molecular weight is 311 g/mol. The van der Waals surface area contributed by atoms with Crippen molar-refractivity contribution in [2.45, 2.75) is 39.7 Å². The van der Waals surface area contributed by atoms with Gasteiger partial charge in [-0.3, -0.25) is 14.5 Å². The molecule has 2 atom stereocenters. The van der Waals surface area contributed by atoms with E-state index in [1.807, 2.05) is 25.7 Å². The van der Waals surface area contributed by atoms with Crippen LogP contribution in [-0.4, -0.2) is 46.0 Å². The predicted molar refractivity (Wildman–Crippen MR) is 81.6 cm³/mol. The standard InChI is InChI=1S/C14H21N3O3S/c1-8-10(3)21-14(15-8)16-12(18)9(2)17-6-4-5-11(7-17)13(19)20/h9,11H,4-7H2,1-3H3,(H,19,20)(H,15,16,18). The molecule has 7 heteroatoms. The number of rotatable bonds is 4. The molecule has 0 bridgehead atoms. The van der Waals surface area contributed by atoms with E-state index in [1.54, 1.807) is 0 Å². The molecule has 1 aromatic rings. The molecule has 0 aliphatic carbocycles. The Balaban J connectivity index is 1.96. The quantitative estimate of drug-likeness (QED) is 0.887. The van der Waals surface area contributed by atoms with Gasteiger partial charge in [-0.25, -0.2) is 4.98 Å². The van der Waals surface area contributed by atoms with Gasteiger partial charge in [-0.05, 0) is 40.2 Å². The molecule has 21 heavy (non-hydrogen) atoms. The Labute approximate surface area is 128 Å². The maximum Gasteiger partial charge on any atom is 0.307 e. The second-order valence-electron chi connectivity index (χ2n) is 5.50. The number of aliphatic carboxylic acids is 1. The second kappa shape index (κ2) is 6.53. The fraction of sp³-hybridized carbons (Fsp3) is 0.643. The molecule has 2 rings (SSSR count). The van der Waals surface area contributed by atoms with Crippen LogP contribution < -0.4 is 5.32 Å². The monoisotopic (exact) mass is 311 g/mol. The molecule has 1 amide bonds. The number of thiazole rings is 1. The van der Waals surface area contributed by atoms with Crippen molar-refractivity contribution in [1.82, 2.24) is 9.88 Å². The highest BCUT2D eigenvalue weighted by Gasteiger charge is 2.30. The average Bonchev–Trinajstić information content (AvgIpc) is 2.76. The summed E-state index contributed by atoms with van der Waals surface area (Å²) in [6.45, 7) is 6.88. The number of carboxylic acids is 1. The molecule has 116 valence electrons. The number of nitrogens with zero attached hydrogens (tertiary/aromatic N) is 2. The minimum absolute atomic E-state index is 0.130. The van der Waals surface area contributed by atoms with Crippen molar-refractivity contribution in [3.8, 4) is 0 Å². The van der Waals surface area contributed by atoms with E-state index < -0.39 is 5.97 Å². The molecule has 1 fully saturated rings. The molecular formula is C14H21N3O3S. The van der Waals surface area contributed by atoms with Crippen LogP contribution in [0.5, 0.6) is 0 Å². The third-order valence-corrected chi connectivity index (χ3v) is 4.98. The van der Waals surface area contributed by atoms with Crippen molar-refractivity contribution in [2.24, 2.45) is 5.92 Å². The Hall–Kier alpha value is -1.47. The molecule has 0 aromatic carbocycles. The van der Waals surface area contributed by atoms with Gasteiger partial charge in [-0.2, -0.15) is 0 Å². The molecule has 1 aliphatic rings. The number of carbonyl (C=O) groups excluding carboxylic acids is 1. The van der Waals surface area contributed by atoms with Crippen LogP contribution >= 0.6 is 11.3 Å². The van der Waals surface area contributed by atoms with Gasteiger partial charge in [-0.1, -0.05) is 0 Å². The second-order valence-corrected chi connectivity index (χ2v) is 6.70. The molecule has 6 nitrogen and oxygen atoms in total. The van der Waals surface area contributed by atoms with Gasteiger partial charge in [-0.15, -0.1) is 11.3 Å². The lowest BCUT2D eigenvalue weighted by atomic mass is 9.97. The highest BCUT2D eigenvalue weighted by molar-refractivity contribution is 7.15. The van der Waals surface area contributed by atoms with Gasteiger partial charge in [0.1, 0.15) is 0 Å². The van der Waals surface area contributed by atoms with E-state index in [0.717, 1.165) is 23.5 Å². The Morgan fingerprint density at radius 2 is 2.19 bits per heavy atom. The van der Waals surface area contributed by atoms with Crippen molar-refractivity contribution in [1.29, 1.82) is 0 Å². The Bertz CT molecular complexity index is 524. The minimum atomic E-state index is -0.779. The summed E-state index contributed by atoms with van der Waals surface area (Å²) < 4.78 is 0. The molecule has 2 unspecified atom stereocenters. The van der Waals surface area contributed by atoms with Crippen LogP contribution in [0.4, 0.5) is 5.13 Å². The van der Waals surface area contributed by atoms with Crippen LogP contribution in [0.2, 0.25) is 0 Å². The summed E-state index contributed by atoms with van der Waals surface area (Å²) >= 11 is 1.46. The SMILES string of the molecule is Cc1nc(NC(=O)C(C)N2CCCC(C(=O)O)C2)sc1C. The van der Waals surface area contributed by atoms with Crippen LogP contribution in [0.3, 0.4) is 0 Å². The number of nitrogens with one attached hydrogen (secondary N) is 1. The predicted octanol–water partition coefficient (Wildman–Crippen LogP) is 1.88. The first-order valence-corrected chi connectivity index (χ1v) is 7.92. The lowest BCUT2D eigenvalue weighted by Crippen LogP contribution is -2.48. The Kier molecular flexibility index (Phi) is 4.95. The van der Waals surface area contributed by atoms with Gasteiger partial charge in [0, 0.05) is 11.4 Å². The third-order valence-electron chi connectivity index (χ3n) is 3.99. The van der Waals surface area contributed by atoms with Crippen molar-refractivity contribution in [3.05, 3.63) is 10.6 Å².